The first-order valence-corrected chi connectivity index (χ1v) is 8.31. The molecule has 2 aromatic rings. The molecule has 0 bridgehead atoms. The minimum Gasteiger partial charge on any atom is -0.472 e. The highest BCUT2D eigenvalue weighted by Crippen LogP contribution is 2.20. The Labute approximate surface area is 143 Å². The van der Waals surface area contributed by atoms with Crippen LogP contribution in [0.3, 0.4) is 0 Å². The molecule has 1 aliphatic heterocycles. The number of ether oxygens (including phenoxy) is 1. The van der Waals surface area contributed by atoms with Gasteiger partial charge < -0.3 is 15.0 Å². The summed E-state index contributed by atoms with van der Waals surface area (Å²) in [5.74, 6) is 0.583. The van der Waals surface area contributed by atoms with Gasteiger partial charge in [0.05, 0.1) is 6.54 Å². The van der Waals surface area contributed by atoms with Crippen molar-refractivity contribution < 1.29 is 9.53 Å². The van der Waals surface area contributed by atoms with E-state index in [-0.39, 0.29) is 12.1 Å². The number of likely N-dealkylation sites (tertiary alicyclic amines) is 1. The van der Waals surface area contributed by atoms with Gasteiger partial charge in [-0.25, -0.2) is 9.78 Å². The number of rotatable bonds is 3. The van der Waals surface area contributed by atoms with Crippen molar-refractivity contribution in [1.82, 2.24) is 9.88 Å². The van der Waals surface area contributed by atoms with Gasteiger partial charge in [0.2, 0.25) is 5.88 Å². The van der Waals surface area contributed by atoms with Gasteiger partial charge in [0.25, 0.3) is 0 Å². The van der Waals surface area contributed by atoms with Gasteiger partial charge in [0.15, 0.2) is 0 Å². The van der Waals surface area contributed by atoms with Gasteiger partial charge in [0, 0.05) is 35.4 Å². The van der Waals surface area contributed by atoms with Crippen LogP contribution in [0.25, 0.3) is 0 Å². The zero-order chi connectivity index (χ0) is 16.2. The SMILES string of the molecule is Cc1ccccc1NC(=O)N1CCC(Oc2ccc(Br)cn2)C1. The van der Waals surface area contributed by atoms with Gasteiger partial charge in [-0.15, -0.1) is 0 Å². The lowest BCUT2D eigenvalue weighted by molar-refractivity contribution is 0.190. The van der Waals surface area contributed by atoms with E-state index in [2.05, 4.69) is 26.2 Å². The van der Waals surface area contributed by atoms with E-state index in [0.29, 0.717) is 19.0 Å². The topological polar surface area (TPSA) is 54.5 Å². The van der Waals surface area contributed by atoms with Gasteiger partial charge in [-0.05, 0) is 40.5 Å². The third-order valence-corrected chi connectivity index (χ3v) is 4.28. The average Bonchev–Trinajstić information content (AvgIpc) is 3.00. The van der Waals surface area contributed by atoms with Crippen molar-refractivity contribution in [1.29, 1.82) is 0 Å². The lowest BCUT2D eigenvalue weighted by atomic mass is 10.2. The van der Waals surface area contributed by atoms with Crippen LogP contribution in [0.1, 0.15) is 12.0 Å². The molecule has 1 aliphatic rings. The largest absolute Gasteiger partial charge is 0.472 e. The Hall–Kier alpha value is -2.08. The van der Waals surface area contributed by atoms with E-state index in [4.69, 9.17) is 4.74 Å². The van der Waals surface area contributed by atoms with Crippen LogP contribution in [0.15, 0.2) is 47.1 Å². The zero-order valence-corrected chi connectivity index (χ0v) is 14.4. The second-order valence-corrected chi connectivity index (χ2v) is 6.45. The van der Waals surface area contributed by atoms with Crippen molar-refractivity contribution in [2.45, 2.75) is 19.4 Å². The van der Waals surface area contributed by atoms with E-state index in [0.717, 1.165) is 22.1 Å². The number of urea groups is 1. The Bertz CT molecular complexity index is 690. The van der Waals surface area contributed by atoms with Crippen molar-refractivity contribution in [3.05, 3.63) is 52.6 Å². The highest BCUT2D eigenvalue weighted by Gasteiger charge is 2.28. The summed E-state index contributed by atoms with van der Waals surface area (Å²) in [6.45, 7) is 3.22. The molecule has 5 nitrogen and oxygen atoms in total. The quantitative estimate of drug-likeness (QED) is 0.886. The highest BCUT2D eigenvalue weighted by molar-refractivity contribution is 9.10. The molecule has 2 amide bonds. The molecule has 1 aromatic heterocycles. The zero-order valence-electron chi connectivity index (χ0n) is 12.8. The van der Waals surface area contributed by atoms with E-state index >= 15 is 0 Å². The number of nitrogens with zero attached hydrogens (tertiary/aromatic N) is 2. The van der Waals surface area contributed by atoms with Gasteiger partial charge >= 0.3 is 6.03 Å². The van der Waals surface area contributed by atoms with Crippen LogP contribution < -0.4 is 10.1 Å². The first-order valence-electron chi connectivity index (χ1n) is 7.51. The standard InChI is InChI=1S/C17H18BrN3O2/c1-12-4-2-3-5-15(12)20-17(22)21-9-8-14(11-21)23-16-7-6-13(18)10-19-16/h2-7,10,14H,8-9,11H2,1H3,(H,20,22). The molecule has 6 heteroatoms. The molecule has 1 unspecified atom stereocenters. The summed E-state index contributed by atoms with van der Waals surface area (Å²) in [5, 5.41) is 2.95. The number of hydrogen-bond acceptors (Lipinski definition) is 3. The minimum atomic E-state index is -0.0887. The number of benzene rings is 1. The molecule has 1 N–H and O–H groups in total. The smallest absolute Gasteiger partial charge is 0.321 e. The first kappa shape index (κ1) is 15.8. The van der Waals surface area contributed by atoms with Gasteiger partial charge in [-0.3, -0.25) is 0 Å². The van der Waals surface area contributed by atoms with Crippen molar-refractivity contribution in [3.63, 3.8) is 0 Å². The summed E-state index contributed by atoms with van der Waals surface area (Å²) in [5.41, 5.74) is 1.89. The van der Waals surface area contributed by atoms with Crippen molar-refractivity contribution in [3.8, 4) is 5.88 Å². The van der Waals surface area contributed by atoms with Crippen molar-refractivity contribution in [2.24, 2.45) is 0 Å². The molecular weight excluding hydrogens is 358 g/mol. The van der Waals surface area contributed by atoms with E-state index < -0.39 is 0 Å². The van der Waals surface area contributed by atoms with Crippen LogP contribution >= 0.6 is 15.9 Å². The van der Waals surface area contributed by atoms with Crippen molar-refractivity contribution >= 4 is 27.6 Å². The maximum Gasteiger partial charge on any atom is 0.321 e. The van der Waals surface area contributed by atoms with Crippen molar-refractivity contribution in [2.75, 3.05) is 18.4 Å². The second-order valence-electron chi connectivity index (χ2n) is 5.53. The number of hydrogen-bond donors (Lipinski definition) is 1. The molecule has 0 saturated carbocycles. The Morgan fingerprint density at radius 2 is 2.17 bits per heavy atom. The monoisotopic (exact) mass is 375 g/mol. The van der Waals surface area contributed by atoms with Crippen LogP contribution in [0.2, 0.25) is 0 Å². The van der Waals surface area contributed by atoms with E-state index in [1.807, 2.05) is 43.3 Å². The fourth-order valence-electron chi connectivity index (χ4n) is 2.52. The summed E-state index contributed by atoms with van der Waals surface area (Å²) in [6.07, 6.45) is 2.48. The fraction of sp³-hybridized carbons (Fsp3) is 0.294. The van der Waals surface area contributed by atoms with Gasteiger partial charge in [0.1, 0.15) is 6.10 Å². The average molecular weight is 376 g/mol. The van der Waals surface area contributed by atoms with Gasteiger partial charge in [-0.2, -0.15) is 0 Å². The molecule has 2 heterocycles. The molecule has 3 rings (SSSR count). The molecule has 1 fully saturated rings. The lowest BCUT2D eigenvalue weighted by Gasteiger charge is -2.18. The number of halogens is 1. The number of aromatic nitrogens is 1. The Balaban J connectivity index is 1.55. The minimum absolute atomic E-state index is 0.0219. The third kappa shape index (κ3) is 4.01. The Kier molecular flexibility index (Phi) is 4.81. The number of carbonyl (C=O) groups is 1. The number of nitrogens with one attached hydrogen (secondary N) is 1. The molecule has 0 spiro atoms. The predicted octanol–water partition coefficient (Wildman–Crippen LogP) is 3.84. The summed E-state index contributed by atoms with van der Waals surface area (Å²) in [4.78, 5) is 18.3. The van der Waals surface area contributed by atoms with E-state index in [9.17, 15) is 4.79 Å². The lowest BCUT2D eigenvalue weighted by Crippen LogP contribution is -2.34. The molecule has 1 aromatic carbocycles. The summed E-state index contributed by atoms with van der Waals surface area (Å²) in [7, 11) is 0. The molecular formula is C17H18BrN3O2. The molecule has 0 radical (unpaired) electrons. The Morgan fingerprint density at radius 1 is 1.35 bits per heavy atom. The molecule has 1 atom stereocenters. The van der Waals surface area contributed by atoms with E-state index in [1.54, 1.807) is 11.1 Å². The molecule has 0 aliphatic carbocycles. The van der Waals surface area contributed by atoms with Crippen LogP contribution in [0.4, 0.5) is 10.5 Å². The highest BCUT2D eigenvalue weighted by atomic mass is 79.9. The van der Waals surface area contributed by atoms with Crippen LogP contribution in [-0.4, -0.2) is 35.1 Å². The molecule has 23 heavy (non-hydrogen) atoms. The number of para-hydroxylation sites is 1. The van der Waals surface area contributed by atoms with Crippen LogP contribution in [0, 0.1) is 6.92 Å². The van der Waals surface area contributed by atoms with E-state index in [1.165, 1.54) is 0 Å². The third-order valence-electron chi connectivity index (χ3n) is 3.81. The number of pyridine rings is 1. The summed E-state index contributed by atoms with van der Waals surface area (Å²) >= 11 is 3.34. The number of amides is 2. The number of aryl methyl sites for hydroxylation is 1. The predicted molar refractivity (Wildman–Crippen MR) is 92.7 cm³/mol. The number of anilines is 1. The van der Waals surface area contributed by atoms with Gasteiger partial charge in [-0.1, -0.05) is 18.2 Å². The number of carbonyl (C=O) groups excluding carboxylic acids is 1. The normalized spacial score (nSPS) is 17.1. The fourth-order valence-corrected chi connectivity index (χ4v) is 2.75. The first-order chi connectivity index (χ1) is 11.1. The maximum atomic E-state index is 12.3. The second kappa shape index (κ2) is 7.00. The summed E-state index contributed by atoms with van der Waals surface area (Å²) in [6, 6.07) is 11.4. The van der Waals surface area contributed by atoms with Crippen LogP contribution in [0.5, 0.6) is 5.88 Å². The Morgan fingerprint density at radius 3 is 2.91 bits per heavy atom. The van der Waals surface area contributed by atoms with Crippen LogP contribution in [-0.2, 0) is 0 Å². The molecule has 1 saturated heterocycles. The molecule has 120 valence electrons. The maximum absolute atomic E-state index is 12.3. The summed E-state index contributed by atoms with van der Waals surface area (Å²) < 4.78 is 6.74.